The van der Waals surface area contributed by atoms with Crippen molar-refractivity contribution in [1.29, 1.82) is 0 Å². The van der Waals surface area contributed by atoms with Crippen molar-refractivity contribution in [3.63, 3.8) is 0 Å². The number of carbonyl (C=O) groups excluding carboxylic acids is 1. The fraction of sp³-hybridized carbons (Fsp3) is 0.273. The molecule has 0 unspecified atom stereocenters. The first-order valence-corrected chi connectivity index (χ1v) is 10.6. The summed E-state index contributed by atoms with van der Waals surface area (Å²) in [5.41, 5.74) is 1.57. The third-order valence-electron chi connectivity index (χ3n) is 5.74. The van der Waals surface area contributed by atoms with Crippen molar-refractivity contribution >= 4 is 23.1 Å². The zero-order valence-corrected chi connectivity index (χ0v) is 18.1. The maximum absolute atomic E-state index is 13.3. The van der Waals surface area contributed by atoms with Crippen molar-refractivity contribution in [2.24, 2.45) is 0 Å². The molecule has 12 heteroatoms. The van der Waals surface area contributed by atoms with E-state index in [2.05, 4.69) is 30.8 Å². The maximum Gasteiger partial charge on any atom is 0.435 e. The van der Waals surface area contributed by atoms with Crippen LogP contribution in [-0.2, 0) is 6.18 Å². The second-order valence-electron chi connectivity index (χ2n) is 7.96. The molecule has 1 aromatic carbocycles. The summed E-state index contributed by atoms with van der Waals surface area (Å²) in [7, 11) is 0. The van der Waals surface area contributed by atoms with Gasteiger partial charge < -0.3 is 15.5 Å². The number of imidazole rings is 1. The van der Waals surface area contributed by atoms with E-state index in [0.29, 0.717) is 35.8 Å². The van der Waals surface area contributed by atoms with Gasteiger partial charge in [-0.25, -0.2) is 9.97 Å². The van der Waals surface area contributed by atoms with Gasteiger partial charge in [0, 0.05) is 56.0 Å². The Hall–Kier alpha value is -3.93. The minimum absolute atomic E-state index is 0.00995. The number of alkyl halides is 3. The van der Waals surface area contributed by atoms with Gasteiger partial charge in [0.1, 0.15) is 0 Å². The summed E-state index contributed by atoms with van der Waals surface area (Å²) in [5, 5.41) is 12.0. The van der Waals surface area contributed by atoms with Crippen LogP contribution in [-0.4, -0.2) is 61.6 Å². The van der Waals surface area contributed by atoms with Crippen LogP contribution in [0, 0.1) is 6.92 Å². The fourth-order valence-corrected chi connectivity index (χ4v) is 4.06. The predicted molar refractivity (Wildman–Crippen MR) is 119 cm³/mol. The SMILES string of the molecule is Cc1cc(Nc2nccn3c(-c4c[nH]nc4C(F)(F)F)cnc23)ccc1C(=O)N1CCNCC1. The van der Waals surface area contributed by atoms with E-state index in [4.69, 9.17) is 0 Å². The lowest BCUT2D eigenvalue weighted by Gasteiger charge is -2.28. The first-order chi connectivity index (χ1) is 16.3. The smallest absolute Gasteiger partial charge is 0.337 e. The molecule has 3 N–H and O–H groups in total. The van der Waals surface area contributed by atoms with E-state index in [1.54, 1.807) is 12.1 Å². The Bertz CT molecular complexity index is 1350. The van der Waals surface area contributed by atoms with Crippen molar-refractivity contribution in [1.82, 2.24) is 34.8 Å². The van der Waals surface area contributed by atoms with Crippen molar-refractivity contribution in [2.45, 2.75) is 13.1 Å². The first kappa shape index (κ1) is 21.9. The normalized spacial score (nSPS) is 14.5. The molecule has 0 atom stereocenters. The van der Waals surface area contributed by atoms with Gasteiger partial charge in [-0.15, -0.1) is 0 Å². The number of benzene rings is 1. The van der Waals surface area contributed by atoms with E-state index in [9.17, 15) is 18.0 Å². The van der Waals surface area contributed by atoms with Gasteiger partial charge in [0.15, 0.2) is 17.2 Å². The number of aryl methyl sites for hydroxylation is 1. The van der Waals surface area contributed by atoms with Crippen LogP contribution in [0.5, 0.6) is 0 Å². The van der Waals surface area contributed by atoms with Crippen LogP contribution in [0.4, 0.5) is 24.7 Å². The Balaban J connectivity index is 1.43. The van der Waals surface area contributed by atoms with Gasteiger partial charge in [0.05, 0.1) is 17.5 Å². The van der Waals surface area contributed by atoms with Crippen molar-refractivity contribution in [3.8, 4) is 11.3 Å². The van der Waals surface area contributed by atoms with Gasteiger partial charge in [-0.2, -0.15) is 18.3 Å². The number of hydrogen-bond donors (Lipinski definition) is 3. The van der Waals surface area contributed by atoms with Gasteiger partial charge >= 0.3 is 6.18 Å². The fourth-order valence-electron chi connectivity index (χ4n) is 4.06. The number of nitrogens with zero attached hydrogens (tertiary/aromatic N) is 5. The molecule has 0 spiro atoms. The quantitative estimate of drug-likeness (QED) is 0.423. The van der Waals surface area contributed by atoms with Gasteiger partial charge in [-0.3, -0.25) is 14.3 Å². The molecule has 3 aromatic heterocycles. The molecule has 4 aromatic rings. The van der Waals surface area contributed by atoms with Crippen LogP contribution in [0.15, 0.2) is 43.0 Å². The lowest BCUT2D eigenvalue weighted by Crippen LogP contribution is -2.46. The molecule has 0 aliphatic carbocycles. The summed E-state index contributed by atoms with van der Waals surface area (Å²) in [6.07, 6.45) is 0.953. The molecule has 0 bridgehead atoms. The summed E-state index contributed by atoms with van der Waals surface area (Å²) in [4.78, 5) is 23.3. The largest absolute Gasteiger partial charge is 0.435 e. The maximum atomic E-state index is 13.3. The van der Waals surface area contributed by atoms with Crippen LogP contribution < -0.4 is 10.6 Å². The highest BCUT2D eigenvalue weighted by Gasteiger charge is 2.37. The Morgan fingerprint density at radius 2 is 1.97 bits per heavy atom. The van der Waals surface area contributed by atoms with Gasteiger partial charge in [-0.05, 0) is 30.7 Å². The van der Waals surface area contributed by atoms with Gasteiger partial charge in [-0.1, -0.05) is 0 Å². The molecule has 9 nitrogen and oxygen atoms in total. The van der Waals surface area contributed by atoms with Crippen molar-refractivity contribution in [3.05, 3.63) is 59.8 Å². The number of fused-ring (bicyclic) bond motifs is 1. The third-order valence-corrected chi connectivity index (χ3v) is 5.74. The second kappa shape index (κ2) is 8.45. The summed E-state index contributed by atoms with van der Waals surface area (Å²) >= 11 is 0. The van der Waals surface area contributed by atoms with E-state index >= 15 is 0 Å². The molecule has 34 heavy (non-hydrogen) atoms. The van der Waals surface area contributed by atoms with E-state index in [0.717, 1.165) is 18.7 Å². The molecule has 176 valence electrons. The highest BCUT2D eigenvalue weighted by molar-refractivity contribution is 5.96. The van der Waals surface area contributed by atoms with Crippen LogP contribution in [0.1, 0.15) is 21.6 Å². The standard InChI is InChI=1S/C22H21F3N8O/c1-13-10-14(2-3-15(13)21(34)32-7-4-26-5-8-32)30-19-20-28-12-17(33(20)9-6-27-19)16-11-29-31-18(16)22(23,24)25/h2-3,6,9-12,26H,4-5,7-8H2,1H3,(H,27,30)(H,29,31). The molecule has 0 radical (unpaired) electrons. The Kier molecular flexibility index (Phi) is 5.44. The summed E-state index contributed by atoms with van der Waals surface area (Å²) in [6.45, 7) is 4.74. The highest BCUT2D eigenvalue weighted by atomic mass is 19.4. The number of amides is 1. The lowest BCUT2D eigenvalue weighted by atomic mass is 10.1. The number of H-pyrrole nitrogens is 1. The summed E-state index contributed by atoms with van der Waals surface area (Å²) in [5.74, 6) is 0.357. The topological polar surface area (TPSA) is 103 Å². The monoisotopic (exact) mass is 470 g/mol. The summed E-state index contributed by atoms with van der Waals surface area (Å²) in [6, 6.07) is 5.37. The summed E-state index contributed by atoms with van der Waals surface area (Å²) < 4.78 is 41.5. The Morgan fingerprint density at radius 3 is 2.71 bits per heavy atom. The van der Waals surface area contributed by atoms with Crippen LogP contribution in [0.25, 0.3) is 16.9 Å². The average Bonchev–Trinajstić information content (AvgIpc) is 3.47. The zero-order chi connectivity index (χ0) is 23.9. The first-order valence-electron chi connectivity index (χ1n) is 10.6. The predicted octanol–water partition coefficient (Wildman–Crippen LogP) is 3.24. The average molecular weight is 470 g/mol. The number of halogens is 3. The highest BCUT2D eigenvalue weighted by Crippen LogP contribution is 2.36. The number of anilines is 2. The van der Waals surface area contributed by atoms with Crippen LogP contribution >= 0.6 is 0 Å². The number of aromatic nitrogens is 5. The second-order valence-corrected chi connectivity index (χ2v) is 7.96. The molecule has 1 amide bonds. The molecule has 1 aliphatic heterocycles. The molecule has 5 rings (SSSR count). The number of rotatable bonds is 4. The molecule has 1 saturated heterocycles. The molecule has 0 saturated carbocycles. The minimum Gasteiger partial charge on any atom is -0.337 e. The molecular weight excluding hydrogens is 449 g/mol. The molecule has 4 heterocycles. The van der Waals surface area contributed by atoms with Crippen molar-refractivity contribution < 1.29 is 18.0 Å². The molecule has 1 fully saturated rings. The molecular formula is C22H21F3N8O. The minimum atomic E-state index is -4.60. The van der Waals surface area contributed by atoms with E-state index < -0.39 is 11.9 Å². The van der Waals surface area contributed by atoms with Gasteiger partial charge in [0.25, 0.3) is 5.91 Å². The number of hydrogen-bond acceptors (Lipinski definition) is 6. The number of nitrogens with one attached hydrogen (secondary N) is 3. The molecule has 1 aliphatic rings. The number of piperazine rings is 1. The van der Waals surface area contributed by atoms with Crippen LogP contribution in [0.3, 0.4) is 0 Å². The van der Waals surface area contributed by atoms with Crippen molar-refractivity contribution in [2.75, 3.05) is 31.5 Å². The van der Waals surface area contributed by atoms with E-state index in [-0.39, 0.29) is 17.2 Å². The number of carbonyl (C=O) groups is 1. The Morgan fingerprint density at radius 1 is 1.18 bits per heavy atom. The van der Waals surface area contributed by atoms with E-state index in [1.165, 1.54) is 29.2 Å². The van der Waals surface area contributed by atoms with E-state index in [1.807, 2.05) is 17.9 Å². The zero-order valence-electron chi connectivity index (χ0n) is 18.1. The number of aromatic amines is 1. The Labute approximate surface area is 192 Å². The van der Waals surface area contributed by atoms with Gasteiger partial charge in [0.2, 0.25) is 0 Å². The lowest BCUT2D eigenvalue weighted by molar-refractivity contribution is -0.140. The third kappa shape index (κ3) is 3.96. The van der Waals surface area contributed by atoms with Crippen LogP contribution in [0.2, 0.25) is 0 Å².